The molecule has 1 aliphatic heterocycles. The van der Waals surface area contributed by atoms with E-state index in [0.717, 1.165) is 5.69 Å². The highest BCUT2D eigenvalue weighted by Crippen LogP contribution is 2.28. The summed E-state index contributed by atoms with van der Waals surface area (Å²) in [7, 11) is 0. The van der Waals surface area contributed by atoms with Crippen LogP contribution in [0.3, 0.4) is 0 Å². The maximum Gasteiger partial charge on any atom is 0.288 e. The molecule has 0 bridgehead atoms. The van der Waals surface area contributed by atoms with Gasteiger partial charge in [0.15, 0.2) is 0 Å². The molecule has 118 valence electrons. The maximum absolute atomic E-state index is 12.4. The van der Waals surface area contributed by atoms with E-state index >= 15 is 0 Å². The molecule has 0 fully saturated rings. The monoisotopic (exact) mass is 341 g/mol. The summed E-state index contributed by atoms with van der Waals surface area (Å²) in [5.41, 5.74) is 0.861. The van der Waals surface area contributed by atoms with E-state index in [1.807, 2.05) is 30.4 Å². The van der Waals surface area contributed by atoms with Gasteiger partial charge in [0.2, 0.25) is 0 Å². The number of fused-ring (bicyclic) bond motifs is 1. The quantitative estimate of drug-likeness (QED) is 0.799. The number of hydrogen-bond acceptors (Lipinski definition) is 4. The van der Waals surface area contributed by atoms with Crippen LogP contribution in [0.1, 0.15) is 26.5 Å². The number of nitrogens with zero attached hydrogens (tertiary/aromatic N) is 5. The lowest BCUT2D eigenvalue weighted by molar-refractivity contribution is 0.337. The van der Waals surface area contributed by atoms with Gasteiger partial charge in [-0.05, 0) is 20.8 Å². The SMILES string of the molecule is CC(C)(C)n1ncc(N2CCn3ncc(Cl)c3C2)c(Cl)c1=O. The molecule has 0 radical (unpaired) electrons. The van der Waals surface area contributed by atoms with Crippen molar-refractivity contribution in [3.8, 4) is 0 Å². The smallest absolute Gasteiger partial charge is 0.288 e. The van der Waals surface area contributed by atoms with Crippen molar-refractivity contribution in [2.24, 2.45) is 0 Å². The molecule has 0 aromatic carbocycles. The molecule has 8 heteroatoms. The van der Waals surface area contributed by atoms with E-state index in [0.29, 0.717) is 30.3 Å². The van der Waals surface area contributed by atoms with Gasteiger partial charge in [0.25, 0.3) is 5.56 Å². The number of anilines is 1. The normalized spacial score (nSPS) is 15.0. The molecule has 0 spiro atoms. The molecule has 0 saturated heterocycles. The highest BCUT2D eigenvalue weighted by molar-refractivity contribution is 6.33. The van der Waals surface area contributed by atoms with Crippen molar-refractivity contribution < 1.29 is 0 Å². The fraction of sp³-hybridized carbons (Fsp3) is 0.500. The second kappa shape index (κ2) is 5.28. The summed E-state index contributed by atoms with van der Waals surface area (Å²) in [6, 6.07) is 0. The van der Waals surface area contributed by atoms with Crippen LogP contribution in [0.5, 0.6) is 0 Å². The molecule has 3 rings (SSSR count). The van der Waals surface area contributed by atoms with Crippen LogP contribution in [0.25, 0.3) is 0 Å². The van der Waals surface area contributed by atoms with Gasteiger partial charge in [0, 0.05) is 6.54 Å². The molecule has 22 heavy (non-hydrogen) atoms. The third kappa shape index (κ3) is 2.50. The van der Waals surface area contributed by atoms with Crippen molar-refractivity contribution in [3.05, 3.63) is 38.5 Å². The van der Waals surface area contributed by atoms with Gasteiger partial charge in [-0.15, -0.1) is 0 Å². The van der Waals surface area contributed by atoms with Crippen molar-refractivity contribution in [2.75, 3.05) is 11.4 Å². The van der Waals surface area contributed by atoms with Gasteiger partial charge >= 0.3 is 0 Å². The zero-order chi connectivity index (χ0) is 16.1. The van der Waals surface area contributed by atoms with Gasteiger partial charge in [-0.3, -0.25) is 9.48 Å². The molecular formula is C14H17Cl2N5O. The van der Waals surface area contributed by atoms with E-state index in [1.54, 1.807) is 12.4 Å². The molecule has 0 amide bonds. The number of aromatic nitrogens is 4. The third-order valence-corrected chi connectivity index (χ3v) is 4.37. The molecule has 0 aliphatic carbocycles. The van der Waals surface area contributed by atoms with Crippen LogP contribution in [0.2, 0.25) is 10.0 Å². The van der Waals surface area contributed by atoms with Crippen molar-refractivity contribution in [3.63, 3.8) is 0 Å². The molecule has 2 aromatic rings. The molecule has 6 nitrogen and oxygen atoms in total. The van der Waals surface area contributed by atoms with E-state index in [2.05, 4.69) is 10.2 Å². The Morgan fingerprint density at radius 1 is 1.14 bits per heavy atom. The van der Waals surface area contributed by atoms with Crippen LogP contribution in [0.15, 0.2) is 17.2 Å². The Morgan fingerprint density at radius 3 is 2.55 bits per heavy atom. The third-order valence-electron chi connectivity index (χ3n) is 3.70. The van der Waals surface area contributed by atoms with E-state index < -0.39 is 5.54 Å². The van der Waals surface area contributed by atoms with Gasteiger partial charge in [-0.25, -0.2) is 4.68 Å². The predicted octanol–water partition coefficient (Wildman–Crippen LogP) is 2.52. The first-order chi connectivity index (χ1) is 10.3. The topological polar surface area (TPSA) is 56.0 Å². The maximum atomic E-state index is 12.4. The fourth-order valence-corrected chi connectivity index (χ4v) is 2.99. The molecular weight excluding hydrogens is 325 g/mol. The van der Waals surface area contributed by atoms with Crippen LogP contribution < -0.4 is 10.5 Å². The second-order valence-electron chi connectivity index (χ2n) is 6.32. The number of rotatable bonds is 1. The summed E-state index contributed by atoms with van der Waals surface area (Å²) < 4.78 is 3.27. The first-order valence-electron chi connectivity index (χ1n) is 7.02. The van der Waals surface area contributed by atoms with Gasteiger partial charge in [0.1, 0.15) is 5.02 Å². The Labute approximate surface area is 138 Å². The molecule has 1 aliphatic rings. The Morgan fingerprint density at radius 2 is 1.86 bits per heavy atom. The first-order valence-corrected chi connectivity index (χ1v) is 7.78. The summed E-state index contributed by atoms with van der Waals surface area (Å²) in [5, 5.41) is 9.30. The Hall–Kier alpha value is -1.53. The molecule has 3 heterocycles. The summed E-state index contributed by atoms with van der Waals surface area (Å²) in [6.07, 6.45) is 3.28. The Balaban J connectivity index is 1.99. The molecule has 0 atom stereocenters. The van der Waals surface area contributed by atoms with Crippen LogP contribution in [-0.2, 0) is 18.6 Å². The van der Waals surface area contributed by atoms with Crippen LogP contribution >= 0.6 is 23.2 Å². The van der Waals surface area contributed by atoms with Crippen molar-refractivity contribution in [1.82, 2.24) is 19.6 Å². The van der Waals surface area contributed by atoms with Crippen LogP contribution in [0.4, 0.5) is 5.69 Å². The fourth-order valence-electron chi connectivity index (χ4n) is 2.54. The summed E-state index contributed by atoms with van der Waals surface area (Å²) >= 11 is 12.5. The zero-order valence-corrected chi connectivity index (χ0v) is 14.2. The Bertz CT molecular complexity index is 775. The van der Waals surface area contributed by atoms with E-state index in [4.69, 9.17) is 23.2 Å². The van der Waals surface area contributed by atoms with Gasteiger partial charge in [-0.2, -0.15) is 10.2 Å². The van der Waals surface area contributed by atoms with E-state index in [1.165, 1.54) is 4.68 Å². The standard InChI is InChI=1S/C14H17Cl2N5O/c1-14(2,3)21-13(22)12(16)10(7-18-21)19-4-5-20-11(8-19)9(15)6-17-20/h6-7H,4-5,8H2,1-3H3. The molecule has 0 saturated carbocycles. The van der Waals surface area contributed by atoms with Crippen molar-refractivity contribution in [1.29, 1.82) is 0 Å². The van der Waals surface area contributed by atoms with Crippen LogP contribution in [0, 0.1) is 0 Å². The first kappa shape index (κ1) is 15.4. The predicted molar refractivity (Wildman–Crippen MR) is 86.8 cm³/mol. The summed E-state index contributed by atoms with van der Waals surface area (Å²) in [5.74, 6) is 0. The van der Waals surface area contributed by atoms with Gasteiger partial charge in [-0.1, -0.05) is 23.2 Å². The van der Waals surface area contributed by atoms with E-state index in [-0.39, 0.29) is 10.6 Å². The minimum Gasteiger partial charge on any atom is -0.361 e. The number of hydrogen-bond donors (Lipinski definition) is 0. The number of halogens is 2. The van der Waals surface area contributed by atoms with Crippen molar-refractivity contribution >= 4 is 28.9 Å². The van der Waals surface area contributed by atoms with E-state index in [9.17, 15) is 4.79 Å². The average Bonchev–Trinajstić information content (AvgIpc) is 2.81. The summed E-state index contributed by atoms with van der Waals surface area (Å²) in [6.45, 7) is 7.69. The molecule has 2 aromatic heterocycles. The minimum absolute atomic E-state index is 0.189. The summed E-state index contributed by atoms with van der Waals surface area (Å²) in [4.78, 5) is 14.4. The lowest BCUT2D eigenvalue weighted by Gasteiger charge is -2.31. The largest absolute Gasteiger partial charge is 0.361 e. The minimum atomic E-state index is -0.414. The van der Waals surface area contributed by atoms with Crippen molar-refractivity contribution in [2.45, 2.75) is 39.4 Å². The molecule has 0 N–H and O–H groups in total. The van der Waals surface area contributed by atoms with Gasteiger partial charge < -0.3 is 4.90 Å². The second-order valence-corrected chi connectivity index (χ2v) is 7.10. The average molecular weight is 342 g/mol. The van der Waals surface area contributed by atoms with Gasteiger partial charge in [0.05, 0.1) is 47.4 Å². The Kier molecular flexibility index (Phi) is 3.69. The lowest BCUT2D eigenvalue weighted by atomic mass is 10.1. The lowest BCUT2D eigenvalue weighted by Crippen LogP contribution is -2.39. The van der Waals surface area contributed by atoms with Crippen LogP contribution in [-0.4, -0.2) is 26.1 Å². The highest BCUT2D eigenvalue weighted by Gasteiger charge is 2.25. The zero-order valence-electron chi connectivity index (χ0n) is 12.7. The molecule has 0 unspecified atom stereocenters. The highest BCUT2D eigenvalue weighted by atomic mass is 35.5.